The number of nitrogens with one attached hydrogen (secondary N) is 2. The van der Waals surface area contributed by atoms with Gasteiger partial charge in [0, 0.05) is 63.4 Å². The van der Waals surface area contributed by atoms with Crippen molar-refractivity contribution < 1.29 is 19.0 Å². The third kappa shape index (κ3) is 6.36. The molecule has 2 N–H and O–H groups in total. The highest BCUT2D eigenvalue weighted by atomic mass is 16.6. The predicted octanol–water partition coefficient (Wildman–Crippen LogP) is 4.91. The molecule has 41 heavy (non-hydrogen) atoms. The van der Waals surface area contributed by atoms with E-state index in [1.54, 1.807) is 44.8 Å². The lowest BCUT2D eigenvalue weighted by Gasteiger charge is -2.34. The average molecular weight is 558 g/mol. The number of rotatable bonds is 8. The molecule has 0 saturated carbocycles. The van der Waals surface area contributed by atoms with Crippen molar-refractivity contribution >= 4 is 29.1 Å². The number of anilines is 4. The molecule has 0 atom stereocenters. The highest BCUT2D eigenvalue weighted by Gasteiger charge is 2.18. The number of ether oxygens (including phenoxy) is 3. The summed E-state index contributed by atoms with van der Waals surface area (Å²) in [5.74, 6) is 2.06. The lowest BCUT2D eigenvalue weighted by Crippen LogP contribution is -2.44. The summed E-state index contributed by atoms with van der Waals surface area (Å²) >= 11 is 0. The van der Waals surface area contributed by atoms with Gasteiger partial charge in [-0.25, -0.2) is 14.8 Å². The molecule has 0 unspecified atom stereocenters. The van der Waals surface area contributed by atoms with E-state index in [9.17, 15) is 4.79 Å². The number of para-hydroxylation sites is 1. The fourth-order valence-corrected chi connectivity index (χ4v) is 4.78. The third-order valence-electron chi connectivity index (χ3n) is 7.09. The van der Waals surface area contributed by atoms with Crippen molar-refractivity contribution in [3.63, 3.8) is 0 Å². The Kier molecular flexibility index (Phi) is 8.25. The van der Waals surface area contributed by atoms with Crippen LogP contribution in [0.3, 0.4) is 0 Å². The Bertz CT molecular complexity index is 1530. The summed E-state index contributed by atoms with van der Waals surface area (Å²) in [6.45, 7) is 5.89. The first-order chi connectivity index (χ1) is 19.8. The van der Waals surface area contributed by atoms with Crippen LogP contribution in [0, 0.1) is 6.92 Å². The van der Waals surface area contributed by atoms with E-state index in [0.29, 0.717) is 34.6 Å². The summed E-state index contributed by atoms with van der Waals surface area (Å²) in [5.41, 5.74) is 4.73. The number of carbonyl (C=O) groups excluding carboxylic acids is 1. The van der Waals surface area contributed by atoms with Crippen LogP contribution in [0.4, 0.5) is 27.8 Å². The Labute approximate surface area is 239 Å². The number of hydrogen-bond acceptors (Lipinski definition) is 9. The molecule has 0 spiro atoms. The number of piperazine rings is 1. The SMILES string of the molecule is COc1cc(N2CCN(C)CC2)ccc1Nc1nccc(-c2cc(OC(=O)Nc3c(C)cccc3OC)cn2C)n1. The van der Waals surface area contributed by atoms with Gasteiger partial charge in [-0.2, -0.15) is 0 Å². The van der Waals surface area contributed by atoms with Gasteiger partial charge in [0.1, 0.15) is 11.5 Å². The minimum Gasteiger partial charge on any atom is -0.495 e. The van der Waals surface area contributed by atoms with Gasteiger partial charge in [0.25, 0.3) is 0 Å². The normalized spacial score (nSPS) is 13.5. The van der Waals surface area contributed by atoms with E-state index in [-0.39, 0.29) is 0 Å². The van der Waals surface area contributed by atoms with E-state index >= 15 is 0 Å². The van der Waals surface area contributed by atoms with Gasteiger partial charge >= 0.3 is 6.09 Å². The molecule has 0 aliphatic carbocycles. The number of benzene rings is 2. The molecule has 5 rings (SSSR count). The van der Waals surface area contributed by atoms with Gasteiger partial charge in [-0.3, -0.25) is 5.32 Å². The lowest BCUT2D eigenvalue weighted by molar-refractivity contribution is 0.215. The second-order valence-corrected chi connectivity index (χ2v) is 9.90. The Morgan fingerprint density at radius 1 is 0.951 bits per heavy atom. The minimum absolute atomic E-state index is 0.377. The molecular formula is C30H35N7O4. The molecule has 4 aromatic rings. The van der Waals surface area contributed by atoms with E-state index in [4.69, 9.17) is 19.2 Å². The molecule has 0 bridgehead atoms. The van der Waals surface area contributed by atoms with Crippen LogP contribution < -0.4 is 29.7 Å². The summed E-state index contributed by atoms with van der Waals surface area (Å²) < 4.78 is 18.5. The molecule has 2 aromatic carbocycles. The third-order valence-corrected chi connectivity index (χ3v) is 7.09. The van der Waals surface area contributed by atoms with Crippen molar-refractivity contribution in [2.45, 2.75) is 6.92 Å². The van der Waals surface area contributed by atoms with Gasteiger partial charge in [0.2, 0.25) is 5.95 Å². The molecule has 2 aromatic heterocycles. The van der Waals surface area contributed by atoms with Crippen molar-refractivity contribution in [3.05, 3.63) is 66.5 Å². The number of aryl methyl sites for hydroxylation is 2. The molecule has 1 aliphatic heterocycles. The van der Waals surface area contributed by atoms with Crippen molar-refractivity contribution in [2.24, 2.45) is 7.05 Å². The first-order valence-electron chi connectivity index (χ1n) is 13.4. The molecule has 1 amide bonds. The average Bonchev–Trinajstić information content (AvgIpc) is 3.34. The molecule has 3 heterocycles. The monoisotopic (exact) mass is 557 g/mol. The highest BCUT2D eigenvalue weighted by Crippen LogP contribution is 2.33. The molecule has 1 aliphatic rings. The van der Waals surface area contributed by atoms with Crippen molar-refractivity contribution in [2.75, 3.05) is 63.0 Å². The largest absolute Gasteiger partial charge is 0.495 e. The number of amides is 1. The van der Waals surface area contributed by atoms with Gasteiger partial charge < -0.3 is 33.9 Å². The zero-order valence-electron chi connectivity index (χ0n) is 24.0. The second-order valence-electron chi connectivity index (χ2n) is 9.90. The first-order valence-corrected chi connectivity index (χ1v) is 13.4. The van der Waals surface area contributed by atoms with Crippen LogP contribution in [0.15, 0.2) is 60.9 Å². The summed E-state index contributed by atoms with van der Waals surface area (Å²) in [6, 6.07) is 15.2. The van der Waals surface area contributed by atoms with E-state index < -0.39 is 6.09 Å². The number of carbonyl (C=O) groups is 1. The number of nitrogens with zero attached hydrogens (tertiary/aromatic N) is 5. The topological polar surface area (TPSA) is 106 Å². The van der Waals surface area contributed by atoms with E-state index in [0.717, 1.165) is 48.8 Å². The number of aromatic nitrogens is 3. The maximum atomic E-state index is 12.7. The lowest BCUT2D eigenvalue weighted by atomic mass is 10.2. The summed E-state index contributed by atoms with van der Waals surface area (Å²) in [6.07, 6.45) is 2.78. The standard InChI is InChI=1S/C30H35N7O4/c1-20-7-6-8-26(39-4)28(20)34-30(38)41-22-18-25(36(3)19-22)23-11-12-31-29(32-23)33-24-10-9-21(17-27(24)40-5)37-15-13-35(2)14-16-37/h6-12,17-19H,13-16H2,1-5H3,(H,34,38)(H,31,32,33). The van der Waals surface area contributed by atoms with Crippen LogP contribution in [0.2, 0.25) is 0 Å². The Hall–Kier alpha value is -4.77. The van der Waals surface area contributed by atoms with Crippen LogP contribution in [-0.4, -0.2) is 73.0 Å². The van der Waals surface area contributed by atoms with E-state index in [2.05, 4.69) is 38.5 Å². The molecular weight excluding hydrogens is 522 g/mol. The Morgan fingerprint density at radius 2 is 1.73 bits per heavy atom. The van der Waals surface area contributed by atoms with Gasteiger partial charge in [-0.1, -0.05) is 12.1 Å². The van der Waals surface area contributed by atoms with Gasteiger partial charge in [0.15, 0.2) is 5.75 Å². The summed E-state index contributed by atoms with van der Waals surface area (Å²) in [7, 11) is 7.21. The van der Waals surface area contributed by atoms with Crippen LogP contribution in [0.25, 0.3) is 11.4 Å². The zero-order chi connectivity index (χ0) is 28.9. The molecule has 11 heteroatoms. The quantitative estimate of drug-likeness (QED) is 0.312. The van der Waals surface area contributed by atoms with Crippen LogP contribution >= 0.6 is 0 Å². The van der Waals surface area contributed by atoms with Crippen LogP contribution in [0.5, 0.6) is 17.2 Å². The predicted molar refractivity (Wildman–Crippen MR) is 160 cm³/mol. The molecule has 1 saturated heterocycles. The number of hydrogen-bond donors (Lipinski definition) is 2. The number of methoxy groups -OCH3 is 2. The Balaban J connectivity index is 1.29. The first kappa shape index (κ1) is 27.8. The Morgan fingerprint density at radius 3 is 2.49 bits per heavy atom. The van der Waals surface area contributed by atoms with Gasteiger partial charge in [0.05, 0.1) is 37.0 Å². The van der Waals surface area contributed by atoms with E-state index in [1.807, 2.05) is 42.8 Å². The van der Waals surface area contributed by atoms with Crippen LogP contribution in [0.1, 0.15) is 5.56 Å². The zero-order valence-corrected chi connectivity index (χ0v) is 24.0. The van der Waals surface area contributed by atoms with Gasteiger partial charge in [-0.15, -0.1) is 0 Å². The minimum atomic E-state index is -0.619. The smallest absolute Gasteiger partial charge is 0.417 e. The molecule has 1 fully saturated rings. The van der Waals surface area contributed by atoms with Crippen molar-refractivity contribution in [3.8, 4) is 28.6 Å². The van der Waals surface area contributed by atoms with Crippen LogP contribution in [-0.2, 0) is 7.05 Å². The number of likely N-dealkylation sites (N-methyl/N-ethyl adjacent to an activating group) is 1. The van der Waals surface area contributed by atoms with E-state index in [1.165, 1.54) is 0 Å². The van der Waals surface area contributed by atoms with Crippen molar-refractivity contribution in [1.82, 2.24) is 19.4 Å². The fraction of sp³-hybridized carbons (Fsp3) is 0.300. The summed E-state index contributed by atoms with van der Waals surface area (Å²) in [4.78, 5) is 26.5. The van der Waals surface area contributed by atoms with Crippen molar-refractivity contribution in [1.29, 1.82) is 0 Å². The maximum Gasteiger partial charge on any atom is 0.417 e. The molecule has 11 nitrogen and oxygen atoms in total. The molecule has 214 valence electrons. The van der Waals surface area contributed by atoms with Gasteiger partial charge in [-0.05, 0) is 43.8 Å². The molecule has 0 radical (unpaired) electrons. The maximum absolute atomic E-state index is 12.7. The fourth-order valence-electron chi connectivity index (χ4n) is 4.78. The summed E-state index contributed by atoms with van der Waals surface area (Å²) in [5, 5.41) is 6.05. The second kappa shape index (κ2) is 12.2. The highest BCUT2D eigenvalue weighted by molar-refractivity contribution is 5.89.